The molecule has 0 unspecified atom stereocenters. The summed E-state index contributed by atoms with van der Waals surface area (Å²) in [7, 11) is 1.57. The molecule has 1 amide bonds. The van der Waals surface area contributed by atoms with Crippen molar-refractivity contribution in [1.82, 2.24) is 15.3 Å². The third-order valence-electron chi connectivity index (χ3n) is 4.96. The SMILES string of the molecule is CCOc1cc(C(=O)N[C@@H](c2ccccc2)c2ccc3nc[nH]c3c2)cc(Br)c1OC. The summed E-state index contributed by atoms with van der Waals surface area (Å²) in [5.74, 6) is 0.852. The number of ether oxygens (including phenoxy) is 2. The second-order valence-electron chi connectivity index (χ2n) is 6.92. The van der Waals surface area contributed by atoms with Crippen LogP contribution in [0.5, 0.6) is 11.5 Å². The molecule has 4 aromatic rings. The molecule has 0 saturated heterocycles. The molecule has 0 radical (unpaired) electrons. The molecule has 4 rings (SSSR count). The van der Waals surface area contributed by atoms with Gasteiger partial charge in [-0.25, -0.2) is 4.98 Å². The van der Waals surface area contributed by atoms with Crippen LogP contribution in [-0.2, 0) is 0 Å². The van der Waals surface area contributed by atoms with Gasteiger partial charge in [-0.1, -0.05) is 36.4 Å². The molecule has 1 atom stereocenters. The normalized spacial score (nSPS) is 11.8. The lowest BCUT2D eigenvalue weighted by Gasteiger charge is -2.21. The van der Waals surface area contributed by atoms with Gasteiger partial charge in [-0.2, -0.15) is 0 Å². The number of hydrogen-bond acceptors (Lipinski definition) is 4. The first-order valence-electron chi connectivity index (χ1n) is 9.90. The molecular weight excluding hydrogens is 458 g/mol. The maximum atomic E-state index is 13.3. The molecule has 6 nitrogen and oxygen atoms in total. The van der Waals surface area contributed by atoms with Gasteiger partial charge in [0.05, 0.1) is 41.6 Å². The van der Waals surface area contributed by atoms with Gasteiger partial charge in [0.1, 0.15) is 0 Å². The molecule has 0 spiro atoms. The molecule has 0 fully saturated rings. The van der Waals surface area contributed by atoms with E-state index < -0.39 is 0 Å². The minimum absolute atomic E-state index is 0.220. The Labute approximate surface area is 188 Å². The summed E-state index contributed by atoms with van der Waals surface area (Å²) >= 11 is 3.48. The van der Waals surface area contributed by atoms with Gasteiger partial charge in [0.25, 0.3) is 5.91 Å². The van der Waals surface area contributed by atoms with Crippen molar-refractivity contribution in [3.63, 3.8) is 0 Å². The van der Waals surface area contributed by atoms with Crippen molar-refractivity contribution < 1.29 is 14.3 Å². The van der Waals surface area contributed by atoms with Gasteiger partial charge >= 0.3 is 0 Å². The molecule has 0 aliphatic heterocycles. The van der Waals surface area contributed by atoms with Crippen LogP contribution in [-0.4, -0.2) is 29.6 Å². The Morgan fingerprint density at radius 3 is 2.68 bits per heavy atom. The van der Waals surface area contributed by atoms with Gasteiger partial charge in [-0.05, 0) is 58.2 Å². The molecule has 3 aromatic carbocycles. The van der Waals surface area contributed by atoms with E-state index in [0.29, 0.717) is 28.1 Å². The standard InChI is InChI=1S/C24H22BrN3O3/c1-3-31-21-13-17(11-18(25)23(21)30-2)24(29)28-22(15-7-5-4-6-8-15)16-9-10-19-20(12-16)27-14-26-19/h4-14,22H,3H2,1-2H3,(H,26,27)(H,28,29)/t22-/m0/s1. The van der Waals surface area contributed by atoms with Gasteiger partial charge in [0, 0.05) is 5.56 Å². The lowest BCUT2D eigenvalue weighted by atomic mass is 9.97. The zero-order chi connectivity index (χ0) is 21.8. The number of nitrogens with one attached hydrogen (secondary N) is 2. The van der Waals surface area contributed by atoms with Crippen molar-refractivity contribution >= 4 is 32.9 Å². The van der Waals surface area contributed by atoms with Gasteiger partial charge in [0.15, 0.2) is 11.5 Å². The fourth-order valence-corrected chi connectivity index (χ4v) is 4.12. The van der Waals surface area contributed by atoms with E-state index in [1.807, 2.05) is 55.5 Å². The quantitative estimate of drug-likeness (QED) is 0.379. The maximum Gasteiger partial charge on any atom is 0.252 e. The third kappa shape index (κ3) is 4.41. The van der Waals surface area contributed by atoms with Crippen LogP contribution in [0, 0.1) is 0 Å². The Balaban J connectivity index is 1.71. The molecule has 2 N–H and O–H groups in total. The van der Waals surface area contributed by atoms with Crippen LogP contribution in [0.15, 0.2) is 71.5 Å². The van der Waals surface area contributed by atoms with Gasteiger partial charge < -0.3 is 19.8 Å². The van der Waals surface area contributed by atoms with Gasteiger partial charge in [0.2, 0.25) is 0 Å². The lowest BCUT2D eigenvalue weighted by Crippen LogP contribution is -2.29. The van der Waals surface area contributed by atoms with Crippen LogP contribution in [0.25, 0.3) is 11.0 Å². The van der Waals surface area contributed by atoms with Crippen LogP contribution < -0.4 is 14.8 Å². The summed E-state index contributed by atoms with van der Waals surface area (Å²) in [6, 6.07) is 18.9. The van der Waals surface area contributed by atoms with Crippen LogP contribution in [0.4, 0.5) is 0 Å². The van der Waals surface area contributed by atoms with E-state index in [-0.39, 0.29) is 11.9 Å². The van der Waals surface area contributed by atoms with E-state index in [1.165, 1.54) is 0 Å². The molecule has 0 saturated carbocycles. The molecule has 31 heavy (non-hydrogen) atoms. The van der Waals surface area contributed by atoms with E-state index in [2.05, 4.69) is 31.2 Å². The second-order valence-corrected chi connectivity index (χ2v) is 7.77. The number of amides is 1. The van der Waals surface area contributed by atoms with E-state index in [0.717, 1.165) is 22.2 Å². The summed E-state index contributed by atoms with van der Waals surface area (Å²) in [6.07, 6.45) is 1.66. The Hall–Kier alpha value is -3.32. The number of carbonyl (C=O) groups is 1. The highest BCUT2D eigenvalue weighted by Crippen LogP contribution is 2.37. The topological polar surface area (TPSA) is 76.2 Å². The number of imidazole rings is 1. The number of carbonyl (C=O) groups excluding carboxylic acids is 1. The number of aromatic nitrogens is 2. The first kappa shape index (κ1) is 20.9. The Morgan fingerprint density at radius 2 is 1.94 bits per heavy atom. The van der Waals surface area contributed by atoms with Crippen molar-refractivity contribution in [3.05, 3.63) is 88.2 Å². The number of H-pyrrole nitrogens is 1. The highest BCUT2D eigenvalue weighted by Gasteiger charge is 2.21. The van der Waals surface area contributed by atoms with E-state index in [4.69, 9.17) is 9.47 Å². The first-order valence-corrected chi connectivity index (χ1v) is 10.7. The molecule has 158 valence electrons. The molecule has 0 aliphatic rings. The molecule has 1 heterocycles. The van der Waals surface area contributed by atoms with E-state index in [9.17, 15) is 4.79 Å². The average Bonchev–Trinajstić information content (AvgIpc) is 3.26. The summed E-state index contributed by atoms with van der Waals surface area (Å²) in [5, 5.41) is 3.17. The largest absolute Gasteiger partial charge is 0.492 e. The summed E-state index contributed by atoms with van der Waals surface area (Å²) in [6.45, 7) is 2.35. The zero-order valence-corrected chi connectivity index (χ0v) is 18.8. The van der Waals surface area contributed by atoms with Crippen LogP contribution in [0.1, 0.15) is 34.5 Å². The highest BCUT2D eigenvalue weighted by molar-refractivity contribution is 9.10. The summed E-state index contributed by atoms with van der Waals surface area (Å²) in [5.41, 5.74) is 4.20. The number of rotatable bonds is 7. The summed E-state index contributed by atoms with van der Waals surface area (Å²) < 4.78 is 11.7. The first-order chi connectivity index (χ1) is 15.1. The number of benzene rings is 3. The van der Waals surface area contributed by atoms with Crippen LogP contribution >= 0.6 is 15.9 Å². The maximum absolute atomic E-state index is 13.3. The fourth-order valence-electron chi connectivity index (χ4n) is 3.51. The van der Waals surface area contributed by atoms with Crippen LogP contribution in [0.2, 0.25) is 0 Å². The Kier molecular flexibility index (Phi) is 6.23. The van der Waals surface area contributed by atoms with E-state index in [1.54, 1.807) is 25.6 Å². The minimum Gasteiger partial charge on any atom is -0.492 e. The summed E-state index contributed by atoms with van der Waals surface area (Å²) in [4.78, 5) is 20.7. The van der Waals surface area contributed by atoms with Crippen molar-refractivity contribution in [3.8, 4) is 11.5 Å². The number of methoxy groups -OCH3 is 1. The molecular formula is C24H22BrN3O3. The number of nitrogens with zero attached hydrogens (tertiary/aromatic N) is 1. The molecule has 0 aliphatic carbocycles. The number of hydrogen-bond donors (Lipinski definition) is 2. The van der Waals surface area contributed by atoms with Crippen molar-refractivity contribution in [1.29, 1.82) is 0 Å². The zero-order valence-electron chi connectivity index (χ0n) is 17.2. The van der Waals surface area contributed by atoms with E-state index >= 15 is 0 Å². The average molecular weight is 480 g/mol. The highest BCUT2D eigenvalue weighted by atomic mass is 79.9. The lowest BCUT2D eigenvalue weighted by molar-refractivity contribution is 0.0942. The van der Waals surface area contributed by atoms with Gasteiger partial charge in [-0.15, -0.1) is 0 Å². The fraction of sp³-hybridized carbons (Fsp3) is 0.167. The van der Waals surface area contributed by atoms with Crippen LogP contribution in [0.3, 0.4) is 0 Å². The number of aromatic amines is 1. The van der Waals surface area contributed by atoms with Crippen molar-refractivity contribution in [2.75, 3.05) is 13.7 Å². The smallest absolute Gasteiger partial charge is 0.252 e. The minimum atomic E-state index is -0.335. The third-order valence-corrected chi connectivity index (χ3v) is 5.55. The molecule has 0 bridgehead atoms. The van der Waals surface area contributed by atoms with Gasteiger partial charge in [-0.3, -0.25) is 4.79 Å². The predicted octanol–water partition coefficient (Wildman–Crippen LogP) is 5.25. The predicted molar refractivity (Wildman–Crippen MR) is 124 cm³/mol. The Morgan fingerprint density at radius 1 is 1.13 bits per heavy atom. The Bertz CT molecular complexity index is 1210. The van der Waals surface area contributed by atoms with Crippen molar-refractivity contribution in [2.45, 2.75) is 13.0 Å². The second kappa shape index (κ2) is 9.22. The number of halogens is 1. The monoisotopic (exact) mass is 479 g/mol. The molecule has 1 aromatic heterocycles. The van der Waals surface area contributed by atoms with Crippen molar-refractivity contribution in [2.24, 2.45) is 0 Å². The number of fused-ring (bicyclic) bond motifs is 1. The molecule has 7 heteroatoms.